The van der Waals surface area contributed by atoms with Gasteiger partial charge in [0.1, 0.15) is 5.78 Å². The topological polar surface area (TPSA) is 69.7 Å². The quantitative estimate of drug-likeness (QED) is 0.266. The molecule has 0 fully saturated rings. The SMILES string of the molecule is CCOC(=O)CCCCCCCCCCC(=O)CC(C)CC(=O)OCC. The first kappa shape index (κ1) is 24.6. The van der Waals surface area contributed by atoms with Gasteiger partial charge in [-0.05, 0) is 32.6 Å². The third-order valence-corrected chi connectivity index (χ3v) is 4.29. The first-order valence-corrected chi connectivity index (χ1v) is 10.3. The lowest BCUT2D eigenvalue weighted by atomic mass is 9.98. The van der Waals surface area contributed by atoms with Crippen LogP contribution in [0.2, 0.25) is 0 Å². The van der Waals surface area contributed by atoms with Gasteiger partial charge in [0.2, 0.25) is 0 Å². The first-order chi connectivity index (χ1) is 12.5. The number of carbonyl (C=O) groups excluding carboxylic acids is 3. The van der Waals surface area contributed by atoms with E-state index < -0.39 is 0 Å². The van der Waals surface area contributed by atoms with Crippen molar-refractivity contribution in [1.82, 2.24) is 0 Å². The van der Waals surface area contributed by atoms with Gasteiger partial charge in [0, 0.05) is 25.7 Å². The minimum atomic E-state index is -0.213. The van der Waals surface area contributed by atoms with Gasteiger partial charge < -0.3 is 9.47 Å². The Morgan fingerprint density at radius 1 is 0.654 bits per heavy atom. The van der Waals surface area contributed by atoms with E-state index in [-0.39, 0.29) is 23.6 Å². The lowest BCUT2D eigenvalue weighted by molar-refractivity contribution is -0.144. The molecule has 0 aliphatic rings. The second kappa shape index (κ2) is 17.0. The van der Waals surface area contributed by atoms with Gasteiger partial charge in [-0.1, -0.05) is 45.4 Å². The number of unbranched alkanes of at least 4 members (excludes halogenated alkanes) is 7. The maximum Gasteiger partial charge on any atom is 0.306 e. The average Bonchev–Trinajstić information content (AvgIpc) is 2.56. The highest BCUT2D eigenvalue weighted by Crippen LogP contribution is 2.14. The van der Waals surface area contributed by atoms with Crippen molar-refractivity contribution in [3.8, 4) is 0 Å². The number of Topliss-reactive ketones (excluding diaryl/α,β-unsaturated/α-hetero) is 1. The van der Waals surface area contributed by atoms with Gasteiger partial charge in [-0.2, -0.15) is 0 Å². The van der Waals surface area contributed by atoms with E-state index >= 15 is 0 Å². The predicted octanol–water partition coefficient (Wildman–Crippen LogP) is 5.00. The predicted molar refractivity (Wildman–Crippen MR) is 103 cm³/mol. The molecule has 0 amide bonds. The van der Waals surface area contributed by atoms with Crippen LogP contribution in [-0.2, 0) is 23.9 Å². The summed E-state index contributed by atoms with van der Waals surface area (Å²) in [5.74, 6) is 0.0146. The summed E-state index contributed by atoms with van der Waals surface area (Å²) in [6.45, 7) is 6.40. The molecule has 0 heterocycles. The molecule has 0 aliphatic heterocycles. The highest BCUT2D eigenvalue weighted by molar-refractivity contribution is 5.79. The normalized spacial score (nSPS) is 11.8. The van der Waals surface area contributed by atoms with Crippen LogP contribution < -0.4 is 0 Å². The van der Waals surface area contributed by atoms with Crippen LogP contribution in [0.25, 0.3) is 0 Å². The van der Waals surface area contributed by atoms with Crippen LogP contribution in [0.5, 0.6) is 0 Å². The zero-order chi connectivity index (χ0) is 19.6. The second-order valence-electron chi connectivity index (χ2n) is 6.99. The molecule has 5 nitrogen and oxygen atoms in total. The number of ketones is 1. The molecule has 0 aromatic rings. The fraction of sp³-hybridized carbons (Fsp3) is 0.857. The van der Waals surface area contributed by atoms with Crippen LogP contribution >= 0.6 is 0 Å². The Labute approximate surface area is 159 Å². The first-order valence-electron chi connectivity index (χ1n) is 10.3. The lowest BCUT2D eigenvalue weighted by Crippen LogP contribution is -2.12. The maximum atomic E-state index is 11.9. The van der Waals surface area contributed by atoms with E-state index in [0.29, 0.717) is 38.9 Å². The molecule has 0 aromatic heterocycles. The molecule has 5 heteroatoms. The fourth-order valence-electron chi connectivity index (χ4n) is 2.95. The van der Waals surface area contributed by atoms with Gasteiger partial charge >= 0.3 is 11.9 Å². The molecule has 1 unspecified atom stereocenters. The summed E-state index contributed by atoms with van der Waals surface area (Å²) >= 11 is 0. The van der Waals surface area contributed by atoms with Crippen molar-refractivity contribution in [3.05, 3.63) is 0 Å². The molecule has 152 valence electrons. The molecule has 26 heavy (non-hydrogen) atoms. The summed E-state index contributed by atoms with van der Waals surface area (Å²) < 4.78 is 9.80. The Morgan fingerprint density at radius 3 is 1.65 bits per heavy atom. The van der Waals surface area contributed by atoms with E-state index in [1.165, 1.54) is 12.8 Å². The molecule has 0 saturated carbocycles. The summed E-state index contributed by atoms with van der Waals surface area (Å²) in [6.07, 6.45) is 10.7. The summed E-state index contributed by atoms with van der Waals surface area (Å²) in [4.78, 5) is 34.5. The molecule has 0 saturated heterocycles. The molecule has 0 radical (unpaired) electrons. The number of hydrogen-bond acceptors (Lipinski definition) is 5. The fourth-order valence-corrected chi connectivity index (χ4v) is 2.95. The van der Waals surface area contributed by atoms with Crippen molar-refractivity contribution in [2.75, 3.05) is 13.2 Å². The van der Waals surface area contributed by atoms with E-state index in [1.54, 1.807) is 6.92 Å². The van der Waals surface area contributed by atoms with Crippen LogP contribution in [0.15, 0.2) is 0 Å². The third kappa shape index (κ3) is 16.1. The summed E-state index contributed by atoms with van der Waals surface area (Å²) in [5, 5.41) is 0. The van der Waals surface area contributed by atoms with Crippen LogP contribution in [0.3, 0.4) is 0 Å². The molecule has 0 rings (SSSR count). The average molecular weight is 371 g/mol. The summed E-state index contributed by atoms with van der Waals surface area (Å²) in [6, 6.07) is 0. The van der Waals surface area contributed by atoms with Crippen molar-refractivity contribution in [1.29, 1.82) is 0 Å². The third-order valence-electron chi connectivity index (χ3n) is 4.29. The molecular formula is C21H38O5. The van der Waals surface area contributed by atoms with Crippen molar-refractivity contribution in [2.24, 2.45) is 5.92 Å². The Morgan fingerprint density at radius 2 is 1.12 bits per heavy atom. The van der Waals surface area contributed by atoms with Crippen molar-refractivity contribution >= 4 is 17.7 Å². The molecule has 1 atom stereocenters. The van der Waals surface area contributed by atoms with Gasteiger partial charge in [-0.3, -0.25) is 14.4 Å². The zero-order valence-corrected chi connectivity index (χ0v) is 17.0. The van der Waals surface area contributed by atoms with Gasteiger partial charge in [0.15, 0.2) is 0 Å². The van der Waals surface area contributed by atoms with Gasteiger partial charge in [0.25, 0.3) is 0 Å². The zero-order valence-electron chi connectivity index (χ0n) is 17.0. The van der Waals surface area contributed by atoms with Crippen LogP contribution in [0, 0.1) is 5.92 Å². The maximum absolute atomic E-state index is 11.9. The Balaban J connectivity index is 3.42. The van der Waals surface area contributed by atoms with Gasteiger partial charge in [-0.15, -0.1) is 0 Å². The molecule has 0 aliphatic carbocycles. The Kier molecular flexibility index (Phi) is 16.1. The monoisotopic (exact) mass is 370 g/mol. The highest BCUT2D eigenvalue weighted by atomic mass is 16.5. The highest BCUT2D eigenvalue weighted by Gasteiger charge is 2.13. The Bertz CT molecular complexity index is 392. The van der Waals surface area contributed by atoms with Crippen LogP contribution in [0.4, 0.5) is 0 Å². The lowest BCUT2D eigenvalue weighted by Gasteiger charge is -2.09. The smallest absolute Gasteiger partial charge is 0.306 e. The Hall–Kier alpha value is -1.39. The molecule has 0 N–H and O–H groups in total. The summed E-state index contributed by atoms with van der Waals surface area (Å²) in [5.41, 5.74) is 0. The van der Waals surface area contributed by atoms with Gasteiger partial charge in [0.05, 0.1) is 13.2 Å². The summed E-state index contributed by atoms with van der Waals surface area (Å²) in [7, 11) is 0. The molecule has 0 bridgehead atoms. The van der Waals surface area contributed by atoms with Crippen molar-refractivity contribution in [2.45, 2.75) is 97.8 Å². The molecule has 0 spiro atoms. The number of carbonyl (C=O) groups is 3. The minimum Gasteiger partial charge on any atom is -0.466 e. The van der Waals surface area contributed by atoms with E-state index in [1.807, 2.05) is 13.8 Å². The van der Waals surface area contributed by atoms with E-state index in [0.717, 1.165) is 38.5 Å². The number of ether oxygens (including phenoxy) is 2. The van der Waals surface area contributed by atoms with Crippen molar-refractivity contribution in [3.63, 3.8) is 0 Å². The second-order valence-corrected chi connectivity index (χ2v) is 6.99. The number of hydrogen-bond donors (Lipinski definition) is 0. The van der Waals surface area contributed by atoms with E-state index in [2.05, 4.69) is 0 Å². The van der Waals surface area contributed by atoms with Crippen LogP contribution in [-0.4, -0.2) is 30.9 Å². The molecule has 0 aromatic carbocycles. The van der Waals surface area contributed by atoms with E-state index in [9.17, 15) is 14.4 Å². The largest absolute Gasteiger partial charge is 0.466 e. The van der Waals surface area contributed by atoms with Crippen molar-refractivity contribution < 1.29 is 23.9 Å². The van der Waals surface area contributed by atoms with Crippen LogP contribution in [0.1, 0.15) is 97.8 Å². The standard InChI is InChI=1S/C21H38O5/c1-4-25-20(23)15-13-11-9-7-6-8-10-12-14-19(22)16-18(3)17-21(24)26-5-2/h18H,4-17H2,1-3H3. The van der Waals surface area contributed by atoms with Gasteiger partial charge in [-0.25, -0.2) is 0 Å². The minimum absolute atomic E-state index is 0.0659. The van der Waals surface area contributed by atoms with E-state index in [4.69, 9.17) is 9.47 Å². The number of rotatable bonds is 17. The number of esters is 2. The molecular weight excluding hydrogens is 332 g/mol.